The average molecular weight is 479 g/mol. The number of pyridine rings is 1. The van der Waals surface area contributed by atoms with Crippen LogP contribution in [0.15, 0.2) is 41.2 Å². The number of carbonyl (C=O) groups is 1. The molecule has 6 heterocycles. The Morgan fingerprint density at radius 1 is 1.29 bits per heavy atom. The lowest BCUT2D eigenvalue weighted by molar-refractivity contribution is 0.0646. The molecule has 1 atom stereocenters. The third kappa shape index (κ3) is 3.30. The van der Waals surface area contributed by atoms with E-state index in [2.05, 4.69) is 30.4 Å². The second kappa shape index (κ2) is 7.82. The molecule has 1 aliphatic heterocycles. The second-order valence-electron chi connectivity index (χ2n) is 8.25. The largest absolute Gasteiger partial charge is 0.412 e. The summed E-state index contributed by atoms with van der Waals surface area (Å²) in [5, 5.41) is 16.6. The highest BCUT2D eigenvalue weighted by Gasteiger charge is 2.38. The van der Waals surface area contributed by atoms with Gasteiger partial charge < -0.3 is 14.3 Å². The summed E-state index contributed by atoms with van der Waals surface area (Å²) in [5.41, 5.74) is 3.53. The van der Waals surface area contributed by atoms with Gasteiger partial charge in [0.25, 0.3) is 12.3 Å². The highest BCUT2D eigenvalue weighted by molar-refractivity contribution is 5.90. The van der Waals surface area contributed by atoms with Crippen molar-refractivity contribution in [3.8, 4) is 11.5 Å². The number of imidazole rings is 1. The number of hydrogen-bond donors (Lipinski definition) is 1. The number of fused-ring (bicyclic) bond motifs is 2. The van der Waals surface area contributed by atoms with Gasteiger partial charge in [0.1, 0.15) is 11.7 Å². The van der Waals surface area contributed by atoms with Crippen LogP contribution in [0.25, 0.3) is 17.0 Å². The van der Waals surface area contributed by atoms with Gasteiger partial charge in [-0.1, -0.05) is 6.07 Å². The molecule has 178 valence electrons. The molecule has 1 N–H and O–H groups in total. The molecule has 1 aliphatic rings. The van der Waals surface area contributed by atoms with Crippen LogP contribution in [0, 0.1) is 6.92 Å². The minimum absolute atomic E-state index is 0.183. The molecule has 5 aromatic rings. The van der Waals surface area contributed by atoms with Crippen LogP contribution in [0.3, 0.4) is 0 Å². The first-order valence-corrected chi connectivity index (χ1v) is 10.8. The Balaban J connectivity index is 1.41. The van der Waals surface area contributed by atoms with E-state index in [0.29, 0.717) is 35.4 Å². The average Bonchev–Trinajstić information content (AvgIpc) is 3.64. The van der Waals surface area contributed by atoms with Crippen molar-refractivity contribution in [3.63, 3.8) is 0 Å². The number of aromatic amines is 1. The third-order valence-corrected chi connectivity index (χ3v) is 6.30. The highest BCUT2D eigenvalue weighted by Crippen LogP contribution is 2.35. The Morgan fingerprint density at radius 2 is 2.14 bits per heavy atom. The smallest absolute Gasteiger partial charge is 0.312 e. The maximum absolute atomic E-state index is 13.6. The molecule has 5 aromatic heterocycles. The van der Waals surface area contributed by atoms with Crippen LogP contribution in [0.2, 0.25) is 0 Å². The Hall–Kier alpha value is -4.42. The van der Waals surface area contributed by atoms with Gasteiger partial charge in [-0.3, -0.25) is 9.48 Å². The van der Waals surface area contributed by atoms with Gasteiger partial charge in [0, 0.05) is 31.4 Å². The van der Waals surface area contributed by atoms with Crippen molar-refractivity contribution in [1.29, 1.82) is 0 Å². The van der Waals surface area contributed by atoms with Crippen LogP contribution >= 0.6 is 0 Å². The van der Waals surface area contributed by atoms with Gasteiger partial charge in [0.15, 0.2) is 0 Å². The van der Waals surface area contributed by atoms with Gasteiger partial charge in [-0.05, 0) is 25.1 Å². The number of aromatic nitrogens is 8. The normalized spacial score (nSPS) is 15.8. The minimum Gasteiger partial charge on any atom is -0.412 e. The molecular weight excluding hydrogens is 460 g/mol. The van der Waals surface area contributed by atoms with E-state index in [1.54, 1.807) is 42.5 Å². The van der Waals surface area contributed by atoms with Crippen molar-refractivity contribution in [2.75, 3.05) is 6.54 Å². The summed E-state index contributed by atoms with van der Waals surface area (Å²) in [5.74, 6) is -0.512. The topological polar surface area (TPSA) is 123 Å². The van der Waals surface area contributed by atoms with E-state index in [0.717, 1.165) is 11.4 Å². The summed E-state index contributed by atoms with van der Waals surface area (Å²) >= 11 is 0. The molecule has 0 saturated heterocycles. The lowest BCUT2D eigenvalue weighted by atomic mass is 9.99. The zero-order chi connectivity index (χ0) is 24.3. The SMILES string of the molecule is Cc1c(-c2nnc(C(=O)N3CCc4[nH]cnc4[C@H]3c3cc4cccc(C(F)F)n4n3)o2)cnn1C. The van der Waals surface area contributed by atoms with E-state index in [-0.39, 0.29) is 17.5 Å². The third-order valence-electron chi connectivity index (χ3n) is 6.30. The van der Waals surface area contributed by atoms with E-state index in [4.69, 9.17) is 4.42 Å². The van der Waals surface area contributed by atoms with Crippen molar-refractivity contribution < 1.29 is 18.0 Å². The molecule has 6 rings (SSSR count). The number of rotatable bonds is 4. The molecule has 0 radical (unpaired) electrons. The summed E-state index contributed by atoms with van der Waals surface area (Å²) < 4.78 is 35.7. The summed E-state index contributed by atoms with van der Waals surface area (Å²) in [6.45, 7) is 2.17. The number of nitrogens with zero attached hydrogens (tertiary/aromatic N) is 8. The van der Waals surface area contributed by atoms with Crippen molar-refractivity contribution >= 4 is 11.4 Å². The number of H-pyrrole nitrogens is 1. The van der Waals surface area contributed by atoms with Gasteiger partial charge in [-0.2, -0.15) is 10.2 Å². The molecular formula is C22H19F2N9O2. The van der Waals surface area contributed by atoms with Crippen LogP contribution in [0.1, 0.15) is 51.6 Å². The van der Waals surface area contributed by atoms with Crippen molar-refractivity contribution in [1.82, 2.24) is 44.5 Å². The van der Waals surface area contributed by atoms with Gasteiger partial charge in [-0.15, -0.1) is 10.2 Å². The Bertz CT molecular complexity index is 1560. The number of amides is 1. The standard InChI is InChI=1S/C22H19F2N9O2/c1-11-13(9-27-31(11)2)20-28-29-21(35-20)22(34)32-7-6-14-17(26-10-25-14)18(32)15-8-12-4-3-5-16(19(23)24)33(12)30-15/h3-5,8-10,18-19H,6-7H2,1-2H3,(H,25,26)/t18-/m1/s1. The molecule has 1 amide bonds. The predicted molar refractivity (Wildman–Crippen MR) is 117 cm³/mol. The number of carbonyl (C=O) groups excluding carboxylic acids is 1. The van der Waals surface area contributed by atoms with Crippen LogP contribution < -0.4 is 0 Å². The van der Waals surface area contributed by atoms with Crippen molar-refractivity contribution in [3.05, 3.63) is 71.1 Å². The lowest BCUT2D eigenvalue weighted by Crippen LogP contribution is -2.41. The molecule has 0 fully saturated rings. The molecule has 0 bridgehead atoms. The van der Waals surface area contributed by atoms with Gasteiger partial charge in [-0.25, -0.2) is 18.3 Å². The number of nitrogens with one attached hydrogen (secondary N) is 1. The fourth-order valence-corrected chi connectivity index (χ4v) is 4.40. The highest BCUT2D eigenvalue weighted by atomic mass is 19.3. The second-order valence-corrected chi connectivity index (χ2v) is 8.25. The van der Waals surface area contributed by atoms with Crippen LogP contribution in [0.4, 0.5) is 8.78 Å². The first-order valence-electron chi connectivity index (χ1n) is 10.8. The lowest BCUT2D eigenvalue weighted by Gasteiger charge is -2.32. The number of alkyl halides is 2. The molecule has 35 heavy (non-hydrogen) atoms. The molecule has 0 aromatic carbocycles. The van der Waals surface area contributed by atoms with Gasteiger partial charge in [0.05, 0.1) is 35.0 Å². The van der Waals surface area contributed by atoms with Crippen LogP contribution in [0.5, 0.6) is 0 Å². The first-order chi connectivity index (χ1) is 16.9. The fourth-order valence-electron chi connectivity index (χ4n) is 4.40. The predicted octanol–water partition coefficient (Wildman–Crippen LogP) is 2.87. The van der Waals surface area contributed by atoms with Crippen molar-refractivity contribution in [2.45, 2.75) is 25.8 Å². The van der Waals surface area contributed by atoms with Gasteiger partial charge >= 0.3 is 11.8 Å². The Kier molecular flexibility index (Phi) is 4.72. The number of hydrogen-bond acceptors (Lipinski definition) is 7. The van der Waals surface area contributed by atoms with E-state index in [1.165, 1.54) is 15.5 Å². The Morgan fingerprint density at radius 3 is 2.91 bits per heavy atom. The van der Waals surface area contributed by atoms with E-state index in [1.807, 2.05) is 6.92 Å². The molecule has 0 saturated carbocycles. The first kappa shape index (κ1) is 21.1. The van der Waals surface area contributed by atoms with Gasteiger partial charge in [0.2, 0.25) is 0 Å². The number of aryl methyl sites for hydroxylation is 1. The summed E-state index contributed by atoms with van der Waals surface area (Å²) in [6, 6.07) is 5.51. The summed E-state index contributed by atoms with van der Waals surface area (Å²) in [6.07, 6.45) is 0.954. The Labute approximate surface area is 196 Å². The fraction of sp³-hybridized carbons (Fsp3) is 0.273. The summed E-state index contributed by atoms with van der Waals surface area (Å²) in [7, 11) is 1.79. The zero-order valence-corrected chi connectivity index (χ0v) is 18.7. The zero-order valence-electron chi connectivity index (χ0n) is 18.7. The quantitative estimate of drug-likeness (QED) is 0.420. The maximum atomic E-state index is 13.6. The molecule has 13 heteroatoms. The molecule has 11 nitrogen and oxygen atoms in total. The van der Waals surface area contributed by atoms with E-state index in [9.17, 15) is 13.6 Å². The van der Waals surface area contributed by atoms with E-state index < -0.39 is 18.4 Å². The van der Waals surface area contributed by atoms with Crippen LogP contribution in [-0.2, 0) is 13.5 Å². The monoisotopic (exact) mass is 479 g/mol. The van der Waals surface area contributed by atoms with Crippen molar-refractivity contribution in [2.24, 2.45) is 7.05 Å². The summed E-state index contributed by atoms with van der Waals surface area (Å²) in [4.78, 5) is 22.6. The van der Waals surface area contributed by atoms with E-state index >= 15 is 0 Å². The maximum Gasteiger partial charge on any atom is 0.312 e. The molecule has 0 unspecified atom stereocenters. The van der Waals surface area contributed by atoms with Crippen LogP contribution in [-0.4, -0.2) is 56.9 Å². The molecule has 0 spiro atoms. The molecule has 0 aliphatic carbocycles. The minimum atomic E-state index is -2.70. The number of halogens is 2.